The highest BCUT2D eigenvalue weighted by Crippen LogP contribution is 2.20. The molecule has 19 heavy (non-hydrogen) atoms. The topological polar surface area (TPSA) is 29.5 Å². The maximum absolute atomic E-state index is 11.8. The van der Waals surface area contributed by atoms with Gasteiger partial charge in [-0.3, -0.25) is 9.69 Å². The van der Waals surface area contributed by atoms with Crippen molar-refractivity contribution in [3.63, 3.8) is 0 Å². The quantitative estimate of drug-likeness (QED) is 0.417. The molecule has 0 aliphatic heterocycles. The molecule has 1 rings (SSSR count). The highest BCUT2D eigenvalue weighted by atomic mass is 127. The first kappa shape index (κ1) is 16.4. The van der Waals surface area contributed by atoms with Crippen LogP contribution < -0.4 is 0 Å². The van der Waals surface area contributed by atoms with E-state index in [9.17, 15) is 4.79 Å². The van der Waals surface area contributed by atoms with Gasteiger partial charge in [0, 0.05) is 24.1 Å². The summed E-state index contributed by atoms with van der Waals surface area (Å²) in [5.41, 5.74) is 0.794. The van der Waals surface area contributed by atoms with E-state index in [-0.39, 0.29) is 5.97 Å². The van der Waals surface area contributed by atoms with Gasteiger partial charge in [0.2, 0.25) is 0 Å². The summed E-state index contributed by atoms with van der Waals surface area (Å²) in [6.07, 6.45) is 0. The SMILES string of the molecule is COC(=O)C(C)(C)CN(CCI)Cc1ccccc1. The number of hydrogen-bond acceptors (Lipinski definition) is 3. The lowest BCUT2D eigenvalue weighted by molar-refractivity contribution is -0.151. The van der Waals surface area contributed by atoms with Gasteiger partial charge in [0.15, 0.2) is 0 Å². The van der Waals surface area contributed by atoms with E-state index in [4.69, 9.17) is 4.74 Å². The monoisotopic (exact) mass is 375 g/mol. The highest BCUT2D eigenvalue weighted by Gasteiger charge is 2.30. The van der Waals surface area contributed by atoms with Crippen molar-refractivity contribution in [1.29, 1.82) is 0 Å². The Morgan fingerprint density at radius 3 is 2.47 bits per heavy atom. The molecule has 0 atom stereocenters. The number of nitrogens with zero attached hydrogens (tertiary/aromatic N) is 1. The summed E-state index contributed by atoms with van der Waals surface area (Å²) >= 11 is 2.37. The molecule has 106 valence electrons. The van der Waals surface area contributed by atoms with Crippen LogP contribution in [0.5, 0.6) is 0 Å². The Morgan fingerprint density at radius 2 is 1.95 bits per heavy atom. The molecule has 1 aromatic rings. The first-order valence-electron chi connectivity index (χ1n) is 6.40. The number of alkyl halides is 1. The Kier molecular flexibility index (Phi) is 6.79. The van der Waals surface area contributed by atoms with Crippen LogP contribution in [0.4, 0.5) is 0 Å². The van der Waals surface area contributed by atoms with E-state index in [0.717, 1.165) is 17.5 Å². The molecular formula is C15H22INO2. The number of carbonyl (C=O) groups is 1. The summed E-state index contributed by atoms with van der Waals surface area (Å²) in [4.78, 5) is 14.1. The minimum absolute atomic E-state index is 0.154. The van der Waals surface area contributed by atoms with E-state index in [2.05, 4.69) is 39.6 Å². The molecule has 0 aliphatic rings. The average molecular weight is 375 g/mol. The van der Waals surface area contributed by atoms with E-state index in [1.807, 2.05) is 32.0 Å². The molecule has 0 unspecified atom stereocenters. The van der Waals surface area contributed by atoms with Crippen LogP contribution >= 0.6 is 22.6 Å². The Balaban J connectivity index is 2.70. The zero-order valence-electron chi connectivity index (χ0n) is 11.9. The van der Waals surface area contributed by atoms with Crippen LogP contribution in [0.3, 0.4) is 0 Å². The van der Waals surface area contributed by atoms with Gasteiger partial charge in [0.25, 0.3) is 0 Å². The average Bonchev–Trinajstić information content (AvgIpc) is 2.38. The standard InChI is InChI=1S/C15H22INO2/c1-15(2,14(18)19-3)12-17(10-9-16)11-13-7-5-4-6-8-13/h4-8H,9-12H2,1-3H3. The largest absolute Gasteiger partial charge is 0.469 e. The normalized spacial score (nSPS) is 11.6. The lowest BCUT2D eigenvalue weighted by Gasteiger charge is -2.30. The Labute approximate surface area is 129 Å². The lowest BCUT2D eigenvalue weighted by atomic mass is 9.92. The van der Waals surface area contributed by atoms with Gasteiger partial charge >= 0.3 is 5.97 Å². The molecule has 0 spiro atoms. The van der Waals surface area contributed by atoms with Crippen molar-refractivity contribution >= 4 is 28.6 Å². The summed E-state index contributed by atoms with van der Waals surface area (Å²) in [6, 6.07) is 10.3. The third-order valence-corrected chi connectivity index (χ3v) is 3.49. The van der Waals surface area contributed by atoms with Crippen molar-refractivity contribution in [2.75, 3.05) is 24.6 Å². The third kappa shape index (κ3) is 5.48. The molecule has 3 nitrogen and oxygen atoms in total. The number of ether oxygens (including phenoxy) is 1. The number of halogens is 1. The molecule has 0 aliphatic carbocycles. The maximum Gasteiger partial charge on any atom is 0.312 e. The van der Waals surface area contributed by atoms with Crippen molar-refractivity contribution in [3.8, 4) is 0 Å². The van der Waals surface area contributed by atoms with Gasteiger partial charge in [-0.05, 0) is 19.4 Å². The number of benzene rings is 1. The molecule has 0 saturated carbocycles. The van der Waals surface area contributed by atoms with Crippen LogP contribution in [0.15, 0.2) is 30.3 Å². The van der Waals surface area contributed by atoms with Gasteiger partial charge in [-0.15, -0.1) is 0 Å². The highest BCUT2D eigenvalue weighted by molar-refractivity contribution is 14.1. The van der Waals surface area contributed by atoms with E-state index in [1.165, 1.54) is 12.7 Å². The zero-order valence-corrected chi connectivity index (χ0v) is 14.0. The van der Waals surface area contributed by atoms with Crippen LogP contribution in [0.2, 0.25) is 0 Å². The summed E-state index contributed by atoms with van der Waals surface area (Å²) in [6.45, 7) is 6.41. The molecular weight excluding hydrogens is 353 g/mol. The molecule has 0 N–H and O–H groups in total. The van der Waals surface area contributed by atoms with E-state index in [0.29, 0.717) is 6.54 Å². The summed E-state index contributed by atoms with van der Waals surface area (Å²) in [5, 5.41) is 0. The van der Waals surface area contributed by atoms with Crippen LogP contribution in [0.25, 0.3) is 0 Å². The Morgan fingerprint density at radius 1 is 1.32 bits per heavy atom. The van der Waals surface area contributed by atoms with Crippen molar-refractivity contribution < 1.29 is 9.53 Å². The Bertz CT molecular complexity index is 392. The van der Waals surface area contributed by atoms with Gasteiger partial charge in [-0.25, -0.2) is 0 Å². The molecule has 0 fully saturated rings. The predicted molar refractivity (Wildman–Crippen MR) is 86.4 cm³/mol. The smallest absolute Gasteiger partial charge is 0.312 e. The third-order valence-electron chi connectivity index (χ3n) is 3.01. The second-order valence-electron chi connectivity index (χ2n) is 5.26. The van der Waals surface area contributed by atoms with Crippen LogP contribution in [-0.4, -0.2) is 35.5 Å². The number of esters is 1. The molecule has 0 bridgehead atoms. The minimum atomic E-state index is -0.477. The van der Waals surface area contributed by atoms with Gasteiger partial charge in [0.1, 0.15) is 0 Å². The molecule has 0 radical (unpaired) electrons. The van der Waals surface area contributed by atoms with Crippen molar-refractivity contribution in [2.24, 2.45) is 5.41 Å². The van der Waals surface area contributed by atoms with Gasteiger partial charge < -0.3 is 4.74 Å². The summed E-state index contributed by atoms with van der Waals surface area (Å²) in [5.74, 6) is -0.154. The van der Waals surface area contributed by atoms with Crippen molar-refractivity contribution in [2.45, 2.75) is 20.4 Å². The maximum atomic E-state index is 11.8. The summed E-state index contributed by atoms with van der Waals surface area (Å²) < 4.78 is 5.92. The van der Waals surface area contributed by atoms with E-state index in [1.54, 1.807) is 0 Å². The van der Waals surface area contributed by atoms with E-state index < -0.39 is 5.41 Å². The summed E-state index contributed by atoms with van der Waals surface area (Å²) in [7, 11) is 1.45. The fourth-order valence-electron chi connectivity index (χ4n) is 2.08. The van der Waals surface area contributed by atoms with Crippen molar-refractivity contribution in [3.05, 3.63) is 35.9 Å². The molecule has 0 amide bonds. The van der Waals surface area contributed by atoms with E-state index >= 15 is 0 Å². The first-order chi connectivity index (χ1) is 8.99. The second kappa shape index (κ2) is 7.85. The van der Waals surface area contributed by atoms with Crippen LogP contribution in [-0.2, 0) is 16.1 Å². The molecule has 0 aromatic heterocycles. The number of methoxy groups -OCH3 is 1. The fraction of sp³-hybridized carbons (Fsp3) is 0.533. The van der Waals surface area contributed by atoms with Gasteiger partial charge in [-0.2, -0.15) is 0 Å². The minimum Gasteiger partial charge on any atom is -0.469 e. The van der Waals surface area contributed by atoms with Gasteiger partial charge in [0.05, 0.1) is 12.5 Å². The van der Waals surface area contributed by atoms with Crippen LogP contribution in [0, 0.1) is 5.41 Å². The lowest BCUT2D eigenvalue weighted by Crippen LogP contribution is -2.40. The molecule has 1 aromatic carbocycles. The van der Waals surface area contributed by atoms with Crippen LogP contribution in [0.1, 0.15) is 19.4 Å². The predicted octanol–water partition coefficient (Wildman–Crippen LogP) is 3.12. The van der Waals surface area contributed by atoms with Crippen molar-refractivity contribution in [1.82, 2.24) is 4.90 Å². The second-order valence-corrected chi connectivity index (χ2v) is 6.34. The fourth-order valence-corrected chi connectivity index (χ4v) is 2.76. The molecule has 0 saturated heterocycles. The number of hydrogen-bond donors (Lipinski definition) is 0. The Hall–Kier alpha value is -0.620. The first-order valence-corrected chi connectivity index (χ1v) is 7.93. The molecule has 4 heteroatoms. The number of rotatable bonds is 7. The number of carbonyl (C=O) groups excluding carboxylic acids is 1. The van der Waals surface area contributed by atoms with Gasteiger partial charge in [-0.1, -0.05) is 52.9 Å². The zero-order chi connectivity index (χ0) is 14.3. The molecule has 0 heterocycles.